The van der Waals surface area contributed by atoms with Crippen molar-refractivity contribution in [2.24, 2.45) is 5.92 Å². The Morgan fingerprint density at radius 1 is 1.15 bits per heavy atom. The number of nitrogens with one attached hydrogen (secondary N) is 1. The van der Waals surface area contributed by atoms with E-state index in [9.17, 15) is 9.59 Å². The lowest BCUT2D eigenvalue weighted by molar-refractivity contribution is -0.109. The molecule has 0 fully saturated rings. The molecule has 0 spiro atoms. The van der Waals surface area contributed by atoms with Gasteiger partial charge in [-0.25, -0.2) is 4.79 Å². The molecule has 0 saturated heterocycles. The van der Waals surface area contributed by atoms with E-state index in [0.717, 1.165) is 19.5 Å². The molecule has 20 heavy (non-hydrogen) atoms. The van der Waals surface area contributed by atoms with Crippen LogP contribution in [0.15, 0.2) is 0 Å². The Morgan fingerprint density at radius 2 is 1.80 bits per heavy atom. The minimum absolute atomic E-state index is 0.0309. The fourth-order valence-corrected chi connectivity index (χ4v) is 2.13. The second kappa shape index (κ2) is 11.0. The summed E-state index contributed by atoms with van der Waals surface area (Å²) < 4.78 is 0. The molecule has 0 bridgehead atoms. The molecule has 0 unspecified atom stereocenters. The topological polar surface area (TPSA) is 52.7 Å². The van der Waals surface area contributed by atoms with Crippen LogP contribution >= 0.6 is 11.8 Å². The van der Waals surface area contributed by atoms with Gasteiger partial charge in [-0.1, -0.05) is 25.6 Å². The number of hydrogen-bond acceptors (Lipinski definition) is 4. The quantitative estimate of drug-likeness (QED) is 0.707. The van der Waals surface area contributed by atoms with E-state index >= 15 is 0 Å². The Hall–Kier alpha value is -0.750. The van der Waals surface area contributed by atoms with Crippen LogP contribution in [0.3, 0.4) is 0 Å². The molecule has 0 radical (unpaired) electrons. The normalized spacial score (nSPS) is 10.9. The molecule has 0 aromatic heterocycles. The first-order valence-electron chi connectivity index (χ1n) is 7.13. The van der Waals surface area contributed by atoms with Gasteiger partial charge in [0.15, 0.2) is 5.12 Å². The van der Waals surface area contributed by atoms with Gasteiger partial charge < -0.3 is 15.1 Å². The molecule has 118 valence electrons. The Kier molecular flexibility index (Phi) is 10.6. The van der Waals surface area contributed by atoms with Crippen LogP contribution in [0.2, 0.25) is 0 Å². The minimum atomic E-state index is -0.0309. The SMILES string of the molecule is CC(=O)SCCN(CCC(C)C)C(=O)NCCN(C)C. The second-order valence-corrected chi connectivity index (χ2v) is 6.82. The molecule has 0 aliphatic rings. The van der Waals surface area contributed by atoms with Gasteiger partial charge in [-0.3, -0.25) is 4.79 Å². The summed E-state index contributed by atoms with van der Waals surface area (Å²) in [5.74, 6) is 1.22. The van der Waals surface area contributed by atoms with Crippen LogP contribution in [-0.4, -0.2) is 67.0 Å². The van der Waals surface area contributed by atoms with Gasteiger partial charge in [0, 0.05) is 38.9 Å². The molecule has 2 amide bonds. The van der Waals surface area contributed by atoms with E-state index in [2.05, 4.69) is 19.2 Å². The number of amides is 2. The number of nitrogens with zero attached hydrogens (tertiary/aromatic N) is 2. The molecule has 0 aromatic rings. The maximum atomic E-state index is 12.1. The molecule has 6 heteroatoms. The first-order valence-corrected chi connectivity index (χ1v) is 8.12. The first kappa shape index (κ1) is 19.2. The van der Waals surface area contributed by atoms with Crippen LogP contribution in [-0.2, 0) is 4.79 Å². The van der Waals surface area contributed by atoms with Crippen molar-refractivity contribution in [1.82, 2.24) is 15.1 Å². The predicted octanol–water partition coefficient (Wildman–Crippen LogP) is 1.89. The Morgan fingerprint density at radius 3 is 2.30 bits per heavy atom. The molecule has 0 heterocycles. The lowest BCUT2D eigenvalue weighted by Crippen LogP contribution is -2.44. The van der Waals surface area contributed by atoms with E-state index < -0.39 is 0 Å². The van der Waals surface area contributed by atoms with Crippen molar-refractivity contribution in [3.63, 3.8) is 0 Å². The van der Waals surface area contributed by atoms with Crippen molar-refractivity contribution in [3.05, 3.63) is 0 Å². The van der Waals surface area contributed by atoms with Crippen LogP contribution in [0.4, 0.5) is 4.79 Å². The molecular formula is C14H29N3O2S. The second-order valence-electron chi connectivity index (χ2n) is 5.54. The van der Waals surface area contributed by atoms with Gasteiger partial charge in [0.25, 0.3) is 0 Å². The highest BCUT2D eigenvalue weighted by atomic mass is 32.2. The van der Waals surface area contributed by atoms with Gasteiger partial charge in [0.1, 0.15) is 0 Å². The third-order valence-corrected chi connectivity index (χ3v) is 3.56. The highest BCUT2D eigenvalue weighted by Crippen LogP contribution is 2.06. The minimum Gasteiger partial charge on any atom is -0.337 e. The van der Waals surface area contributed by atoms with Gasteiger partial charge in [-0.2, -0.15) is 0 Å². The lowest BCUT2D eigenvalue weighted by Gasteiger charge is -2.24. The molecule has 0 aliphatic heterocycles. The van der Waals surface area contributed by atoms with Gasteiger partial charge in [0.05, 0.1) is 0 Å². The zero-order valence-electron chi connectivity index (χ0n) is 13.4. The van der Waals surface area contributed by atoms with Crippen molar-refractivity contribution >= 4 is 22.9 Å². The van der Waals surface area contributed by atoms with E-state index in [4.69, 9.17) is 0 Å². The first-order chi connectivity index (χ1) is 9.32. The van der Waals surface area contributed by atoms with Crippen LogP contribution in [0, 0.1) is 5.92 Å². The predicted molar refractivity (Wildman–Crippen MR) is 86.1 cm³/mol. The van der Waals surface area contributed by atoms with Crippen LogP contribution in [0.1, 0.15) is 27.2 Å². The van der Waals surface area contributed by atoms with Crippen molar-refractivity contribution in [1.29, 1.82) is 0 Å². The van der Waals surface area contributed by atoms with Gasteiger partial charge >= 0.3 is 6.03 Å². The van der Waals surface area contributed by atoms with E-state index in [1.165, 1.54) is 11.8 Å². The van der Waals surface area contributed by atoms with Crippen molar-refractivity contribution < 1.29 is 9.59 Å². The van der Waals surface area contributed by atoms with Crippen molar-refractivity contribution in [3.8, 4) is 0 Å². The summed E-state index contributed by atoms with van der Waals surface area (Å²) in [7, 11) is 3.96. The monoisotopic (exact) mass is 303 g/mol. The third kappa shape index (κ3) is 11.1. The maximum Gasteiger partial charge on any atom is 0.317 e. The molecule has 0 atom stereocenters. The third-order valence-electron chi connectivity index (χ3n) is 2.77. The van der Waals surface area contributed by atoms with Crippen LogP contribution < -0.4 is 5.32 Å². The largest absolute Gasteiger partial charge is 0.337 e. The number of carbonyl (C=O) groups excluding carboxylic acids is 2. The molecule has 0 saturated carbocycles. The number of likely N-dealkylation sites (N-methyl/N-ethyl adjacent to an activating group) is 1. The standard InChI is InChI=1S/C14H29N3O2S/c1-12(2)6-8-17(10-11-20-13(3)18)14(19)15-7-9-16(4)5/h12H,6-11H2,1-5H3,(H,15,19). The Bertz CT molecular complexity index is 296. The summed E-state index contributed by atoms with van der Waals surface area (Å²) in [5, 5.41) is 3.03. The van der Waals surface area contributed by atoms with Gasteiger partial charge in [-0.15, -0.1) is 0 Å². The average molecular weight is 303 g/mol. The summed E-state index contributed by atoms with van der Waals surface area (Å²) >= 11 is 1.27. The number of hydrogen-bond donors (Lipinski definition) is 1. The number of rotatable bonds is 9. The van der Waals surface area contributed by atoms with Crippen LogP contribution in [0.5, 0.6) is 0 Å². The molecule has 0 rings (SSSR count). The molecule has 0 aliphatic carbocycles. The van der Waals surface area contributed by atoms with Crippen molar-refractivity contribution in [2.75, 3.05) is 46.0 Å². The van der Waals surface area contributed by atoms with Crippen LogP contribution in [0.25, 0.3) is 0 Å². The van der Waals surface area contributed by atoms with Gasteiger partial charge in [0.2, 0.25) is 0 Å². The van der Waals surface area contributed by atoms with E-state index in [1.54, 1.807) is 6.92 Å². The van der Waals surface area contributed by atoms with E-state index in [0.29, 0.717) is 24.8 Å². The summed E-state index contributed by atoms with van der Waals surface area (Å²) in [6.07, 6.45) is 0.978. The summed E-state index contributed by atoms with van der Waals surface area (Å²) in [6, 6.07) is -0.0309. The van der Waals surface area contributed by atoms with E-state index in [1.807, 2.05) is 23.9 Å². The lowest BCUT2D eigenvalue weighted by atomic mass is 10.1. The van der Waals surface area contributed by atoms with Gasteiger partial charge in [-0.05, 0) is 26.4 Å². The Labute approximate surface area is 127 Å². The Balaban J connectivity index is 4.19. The smallest absolute Gasteiger partial charge is 0.317 e. The molecular weight excluding hydrogens is 274 g/mol. The summed E-state index contributed by atoms with van der Waals surface area (Å²) in [5.41, 5.74) is 0. The number of urea groups is 1. The highest BCUT2D eigenvalue weighted by Gasteiger charge is 2.13. The van der Waals surface area contributed by atoms with Crippen molar-refractivity contribution in [2.45, 2.75) is 27.2 Å². The zero-order chi connectivity index (χ0) is 15.5. The number of carbonyl (C=O) groups is 2. The fourth-order valence-electron chi connectivity index (χ4n) is 1.53. The summed E-state index contributed by atoms with van der Waals surface area (Å²) in [4.78, 5) is 26.9. The highest BCUT2D eigenvalue weighted by molar-refractivity contribution is 8.13. The zero-order valence-corrected chi connectivity index (χ0v) is 14.3. The average Bonchev–Trinajstić information content (AvgIpc) is 2.32. The number of thioether (sulfide) groups is 1. The maximum absolute atomic E-state index is 12.1. The summed E-state index contributed by atoms with van der Waals surface area (Å²) in [6.45, 7) is 8.67. The fraction of sp³-hybridized carbons (Fsp3) is 0.857. The molecule has 1 N–H and O–H groups in total. The molecule has 5 nitrogen and oxygen atoms in total. The molecule has 0 aromatic carbocycles. The van der Waals surface area contributed by atoms with E-state index in [-0.39, 0.29) is 11.1 Å².